The molecule has 5 nitrogen and oxygen atoms in total. The van der Waals surface area contributed by atoms with Gasteiger partial charge in [-0.25, -0.2) is 0 Å². The van der Waals surface area contributed by atoms with Gasteiger partial charge in [-0.2, -0.15) is 0 Å². The number of carbonyl (C=O) groups is 1. The second kappa shape index (κ2) is 10.3. The average molecular weight is 391 g/mol. The van der Waals surface area contributed by atoms with E-state index in [1.807, 2.05) is 66.7 Å². The van der Waals surface area contributed by atoms with Gasteiger partial charge in [-0.15, -0.1) is 0 Å². The molecular formula is C24H25NO4. The molecule has 0 saturated heterocycles. The maximum absolute atomic E-state index is 12.6. The van der Waals surface area contributed by atoms with Crippen molar-refractivity contribution in [3.05, 3.63) is 95.6 Å². The monoisotopic (exact) mass is 391 g/mol. The van der Waals surface area contributed by atoms with Gasteiger partial charge in [-0.3, -0.25) is 4.79 Å². The number of rotatable bonds is 9. The summed E-state index contributed by atoms with van der Waals surface area (Å²) >= 11 is 0. The largest absolute Gasteiger partial charge is 0.493 e. The molecule has 0 fully saturated rings. The Balaban J connectivity index is 1.67. The van der Waals surface area contributed by atoms with Gasteiger partial charge >= 0.3 is 0 Å². The first-order valence-electron chi connectivity index (χ1n) is 9.44. The third kappa shape index (κ3) is 5.59. The molecule has 1 unspecified atom stereocenters. The van der Waals surface area contributed by atoms with Crippen molar-refractivity contribution < 1.29 is 19.0 Å². The predicted molar refractivity (Wildman–Crippen MR) is 112 cm³/mol. The highest BCUT2D eigenvalue weighted by atomic mass is 16.5. The van der Waals surface area contributed by atoms with Crippen LogP contribution in [0.3, 0.4) is 0 Å². The fraction of sp³-hybridized carbons (Fsp3) is 0.208. The first kappa shape index (κ1) is 20.4. The highest BCUT2D eigenvalue weighted by Gasteiger charge is 2.16. The zero-order valence-corrected chi connectivity index (χ0v) is 16.6. The molecule has 0 bridgehead atoms. The van der Waals surface area contributed by atoms with E-state index in [9.17, 15) is 4.79 Å². The van der Waals surface area contributed by atoms with E-state index in [4.69, 9.17) is 14.2 Å². The van der Waals surface area contributed by atoms with Gasteiger partial charge < -0.3 is 19.5 Å². The van der Waals surface area contributed by atoms with E-state index in [-0.39, 0.29) is 5.91 Å². The van der Waals surface area contributed by atoms with Crippen LogP contribution >= 0.6 is 0 Å². The van der Waals surface area contributed by atoms with Crippen LogP contribution in [0.1, 0.15) is 27.7 Å². The zero-order chi connectivity index (χ0) is 20.5. The summed E-state index contributed by atoms with van der Waals surface area (Å²) in [6.45, 7) is 0.435. The molecule has 1 atom stereocenters. The fourth-order valence-electron chi connectivity index (χ4n) is 2.97. The maximum Gasteiger partial charge on any atom is 0.253 e. The van der Waals surface area contributed by atoms with Gasteiger partial charge in [0.15, 0.2) is 17.7 Å². The Morgan fingerprint density at radius 2 is 1.52 bits per heavy atom. The SMILES string of the molecule is COc1ccc(CCOC(NC(=O)c2ccccc2)c2ccccc2)cc1OC. The van der Waals surface area contributed by atoms with E-state index in [0.717, 1.165) is 11.1 Å². The van der Waals surface area contributed by atoms with E-state index >= 15 is 0 Å². The molecule has 3 rings (SSSR count). The summed E-state index contributed by atoms with van der Waals surface area (Å²) in [7, 11) is 3.23. The number of hydrogen-bond donors (Lipinski definition) is 1. The number of hydrogen-bond acceptors (Lipinski definition) is 4. The van der Waals surface area contributed by atoms with E-state index in [1.165, 1.54) is 0 Å². The molecule has 0 radical (unpaired) electrons. The van der Waals surface area contributed by atoms with Crippen molar-refractivity contribution in [1.29, 1.82) is 0 Å². The van der Waals surface area contributed by atoms with Crippen molar-refractivity contribution in [2.45, 2.75) is 12.6 Å². The van der Waals surface area contributed by atoms with Crippen molar-refractivity contribution in [2.75, 3.05) is 20.8 Å². The highest BCUT2D eigenvalue weighted by molar-refractivity contribution is 5.94. The van der Waals surface area contributed by atoms with Crippen LogP contribution in [0.25, 0.3) is 0 Å². The van der Waals surface area contributed by atoms with Gasteiger partial charge in [0, 0.05) is 11.1 Å². The molecule has 0 saturated carbocycles. The Morgan fingerprint density at radius 1 is 0.862 bits per heavy atom. The van der Waals surface area contributed by atoms with Gasteiger partial charge in [0.05, 0.1) is 20.8 Å². The quantitative estimate of drug-likeness (QED) is 0.550. The zero-order valence-electron chi connectivity index (χ0n) is 16.6. The van der Waals surface area contributed by atoms with Crippen LogP contribution in [0, 0.1) is 0 Å². The number of amides is 1. The molecule has 5 heteroatoms. The number of carbonyl (C=O) groups excluding carboxylic acids is 1. The molecule has 1 N–H and O–H groups in total. The van der Waals surface area contributed by atoms with Crippen molar-refractivity contribution in [2.24, 2.45) is 0 Å². The van der Waals surface area contributed by atoms with Crippen molar-refractivity contribution in [1.82, 2.24) is 5.32 Å². The second-order valence-corrected chi connectivity index (χ2v) is 6.44. The summed E-state index contributed by atoms with van der Waals surface area (Å²) < 4.78 is 16.7. The summed E-state index contributed by atoms with van der Waals surface area (Å²) in [5, 5.41) is 2.97. The Bertz CT molecular complexity index is 913. The van der Waals surface area contributed by atoms with Crippen LogP contribution in [0.2, 0.25) is 0 Å². The van der Waals surface area contributed by atoms with Crippen LogP contribution < -0.4 is 14.8 Å². The van der Waals surface area contributed by atoms with E-state index in [1.54, 1.807) is 26.4 Å². The number of ether oxygens (including phenoxy) is 3. The molecule has 3 aromatic rings. The first-order valence-corrected chi connectivity index (χ1v) is 9.44. The normalized spacial score (nSPS) is 11.5. The second-order valence-electron chi connectivity index (χ2n) is 6.44. The third-order valence-electron chi connectivity index (χ3n) is 4.52. The minimum atomic E-state index is -0.538. The summed E-state index contributed by atoms with van der Waals surface area (Å²) in [6.07, 6.45) is 0.134. The summed E-state index contributed by atoms with van der Waals surface area (Å²) in [5.74, 6) is 1.20. The lowest BCUT2D eigenvalue weighted by atomic mass is 10.1. The van der Waals surface area contributed by atoms with Crippen molar-refractivity contribution in [3.8, 4) is 11.5 Å². The number of benzene rings is 3. The van der Waals surface area contributed by atoms with E-state index < -0.39 is 6.23 Å². The molecule has 0 aliphatic rings. The van der Waals surface area contributed by atoms with Crippen molar-refractivity contribution in [3.63, 3.8) is 0 Å². The minimum absolute atomic E-state index is 0.175. The minimum Gasteiger partial charge on any atom is -0.493 e. The molecule has 150 valence electrons. The molecule has 0 heterocycles. The Kier molecular flexibility index (Phi) is 7.25. The number of methoxy groups -OCH3 is 2. The highest BCUT2D eigenvalue weighted by Crippen LogP contribution is 2.28. The van der Waals surface area contributed by atoms with Gasteiger partial charge in [-0.1, -0.05) is 54.6 Å². The maximum atomic E-state index is 12.6. The van der Waals surface area contributed by atoms with Gasteiger partial charge in [-0.05, 0) is 36.2 Å². The molecule has 1 amide bonds. The average Bonchev–Trinajstić information content (AvgIpc) is 2.79. The lowest BCUT2D eigenvalue weighted by molar-refractivity contribution is 0.0282. The molecule has 29 heavy (non-hydrogen) atoms. The van der Waals surface area contributed by atoms with Crippen LogP contribution in [0.15, 0.2) is 78.9 Å². The standard InChI is InChI=1S/C24H25NO4/c1-27-21-14-13-18(17-22(21)28-2)15-16-29-24(20-11-7-4-8-12-20)25-23(26)19-9-5-3-6-10-19/h3-14,17,24H,15-16H2,1-2H3,(H,25,26). The number of nitrogens with one attached hydrogen (secondary N) is 1. The van der Waals surface area contributed by atoms with Crippen molar-refractivity contribution >= 4 is 5.91 Å². The predicted octanol–water partition coefficient (Wildman–Crippen LogP) is 4.39. The Hall–Kier alpha value is -3.31. The van der Waals surface area contributed by atoms with Gasteiger partial charge in [0.25, 0.3) is 5.91 Å². The lowest BCUT2D eigenvalue weighted by Crippen LogP contribution is -2.30. The fourth-order valence-corrected chi connectivity index (χ4v) is 2.97. The van der Waals surface area contributed by atoms with Gasteiger partial charge in [0.1, 0.15) is 0 Å². The van der Waals surface area contributed by atoms with Crippen LogP contribution in [0.4, 0.5) is 0 Å². The molecule has 0 aliphatic carbocycles. The molecule has 0 aromatic heterocycles. The summed E-state index contributed by atoms with van der Waals surface area (Å²) in [4.78, 5) is 12.6. The van der Waals surface area contributed by atoms with E-state index in [2.05, 4.69) is 5.32 Å². The molecule has 3 aromatic carbocycles. The molecular weight excluding hydrogens is 366 g/mol. The Labute approximate surface area is 171 Å². The van der Waals surface area contributed by atoms with Gasteiger partial charge in [0.2, 0.25) is 0 Å². The summed E-state index contributed by atoms with van der Waals surface area (Å²) in [5.41, 5.74) is 2.55. The molecule has 0 aliphatic heterocycles. The Morgan fingerprint density at radius 3 is 2.17 bits per heavy atom. The van der Waals surface area contributed by atoms with Crippen LogP contribution in [-0.4, -0.2) is 26.7 Å². The van der Waals surface area contributed by atoms with Crippen LogP contribution in [-0.2, 0) is 11.2 Å². The topological polar surface area (TPSA) is 56.8 Å². The smallest absolute Gasteiger partial charge is 0.253 e. The summed E-state index contributed by atoms with van der Waals surface area (Å²) in [6, 6.07) is 24.6. The third-order valence-corrected chi connectivity index (χ3v) is 4.52. The lowest BCUT2D eigenvalue weighted by Gasteiger charge is -2.20. The first-order chi connectivity index (χ1) is 14.2. The molecule has 0 spiro atoms. The van der Waals surface area contributed by atoms with Crippen LogP contribution in [0.5, 0.6) is 11.5 Å². The van der Waals surface area contributed by atoms with E-state index in [0.29, 0.717) is 30.1 Å².